The number of hydrogen-bond donors (Lipinski definition) is 0. The van der Waals surface area contributed by atoms with Gasteiger partial charge in [0.15, 0.2) is 6.29 Å². The minimum Gasteiger partial charge on any atom is -0.465 e. The van der Waals surface area contributed by atoms with Gasteiger partial charge in [0.1, 0.15) is 0 Å². The Bertz CT molecular complexity index is 444. The maximum atomic E-state index is 11.7. The van der Waals surface area contributed by atoms with Gasteiger partial charge in [-0.25, -0.2) is 4.79 Å². The molecule has 0 N–H and O–H groups in total. The Balaban J connectivity index is 2.49. The zero-order valence-corrected chi connectivity index (χ0v) is 10.1. The highest BCUT2D eigenvalue weighted by molar-refractivity contribution is 5.92. The van der Waals surface area contributed by atoms with Gasteiger partial charge < -0.3 is 14.2 Å². The summed E-state index contributed by atoms with van der Waals surface area (Å²) in [6.45, 7) is 4.34. The highest BCUT2D eigenvalue weighted by Crippen LogP contribution is 2.23. The Kier molecular flexibility index (Phi) is 3.40. The maximum absolute atomic E-state index is 11.7. The zero-order chi connectivity index (χ0) is 12.4. The van der Waals surface area contributed by atoms with Crippen molar-refractivity contribution >= 4 is 5.97 Å². The number of hydrogen-bond acceptors (Lipinski definition) is 5. The van der Waals surface area contributed by atoms with Gasteiger partial charge in [-0.1, -0.05) is 0 Å². The molecular formula is C12H15NO4. The second-order valence-corrected chi connectivity index (χ2v) is 3.90. The van der Waals surface area contributed by atoms with Gasteiger partial charge in [-0.05, 0) is 13.8 Å². The average molecular weight is 237 g/mol. The number of rotatable bonds is 1. The summed E-state index contributed by atoms with van der Waals surface area (Å²) in [5, 5.41) is 0. The summed E-state index contributed by atoms with van der Waals surface area (Å²) in [5.74, 6) is -0.384. The van der Waals surface area contributed by atoms with E-state index < -0.39 is 0 Å². The minimum absolute atomic E-state index is 0.284. The first-order valence-corrected chi connectivity index (χ1v) is 5.42. The molecular weight excluding hydrogens is 222 g/mol. The number of carbonyl (C=O) groups is 1. The van der Waals surface area contributed by atoms with Gasteiger partial charge in [0.05, 0.1) is 31.6 Å². The van der Waals surface area contributed by atoms with Crippen molar-refractivity contribution in [3.8, 4) is 0 Å². The van der Waals surface area contributed by atoms with E-state index in [0.717, 1.165) is 11.1 Å². The fourth-order valence-electron chi connectivity index (χ4n) is 1.81. The topological polar surface area (TPSA) is 57.7 Å². The number of aryl methyl sites for hydroxylation is 1. The maximum Gasteiger partial charge on any atom is 0.340 e. The van der Waals surface area contributed by atoms with Crippen molar-refractivity contribution in [2.24, 2.45) is 0 Å². The van der Waals surface area contributed by atoms with Gasteiger partial charge in [-0.2, -0.15) is 0 Å². The monoisotopic (exact) mass is 237 g/mol. The number of ether oxygens (including phenoxy) is 3. The van der Waals surface area contributed by atoms with Crippen molar-refractivity contribution in [3.63, 3.8) is 0 Å². The third kappa shape index (κ3) is 2.30. The molecule has 1 aliphatic rings. The van der Waals surface area contributed by atoms with E-state index in [9.17, 15) is 4.79 Å². The molecule has 17 heavy (non-hydrogen) atoms. The molecule has 1 aliphatic heterocycles. The number of aromatic nitrogens is 1. The summed E-state index contributed by atoms with van der Waals surface area (Å²) in [4.78, 5) is 15.9. The van der Waals surface area contributed by atoms with E-state index in [2.05, 4.69) is 4.98 Å². The lowest BCUT2D eigenvalue weighted by atomic mass is 10.0. The predicted octanol–water partition coefficient (Wildman–Crippen LogP) is 1.57. The van der Waals surface area contributed by atoms with Crippen molar-refractivity contribution in [1.29, 1.82) is 0 Å². The van der Waals surface area contributed by atoms with Crippen LogP contribution in [0.15, 0.2) is 6.20 Å². The van der Waals surface area contributed by atoms with E-state index in [1.165, 1.54) is 7.11 Å². The lowest BCUT2D eigenvalue weighted by molar-refractivity contribution is -0.136. The largest absolute Gasteiger partial charge is 0.465 e. The molecule has 5 nitrogen and oxygen atoms in total. The standard InChI is InChI=1S/C12H15NO4/c1-7-11(12(14)15-3)10-6-17-8(2)16-5-9(10)4-13-7/h4,8H,5-6H2,1-3H3. The van der Waals surface area contributed by atoms with Crippen LogP contribution in [0.2, 0.25) is 0 Å². The van der Waals surface area contributed by atoms with Crippen LogP contribution >= 0.6 is 0 Å². The molecule has 0 amide bonds. The molecule has 0 aliphatic carbocycles. The summed E-state index contributed by atoms with van der Waals surface area (Å²) in [6, 6.07) is 0. The van der Waals surface area contributed by atoms with Crippen molar-refractivity contribution in [2.45, 2.75) is 33.4 Å². The number of carbonyl (C=O) groups excluding carboxylic acids is 1. The van der Waals surface area contributed by atoms with Gasteiger partial charge in [0.25, 0.3) is 0 Å². The fourth-order valence-corrected chi connectivity index (χ4v) is 1.81. The minimum atomic E-state index is -0.384. The molecule has 1 atom stereocenters. The fraction of sp³-hybridized carbons (Fsp3) is 0.500. The van der Waals surface area contributed by atoms with Crippen molar-refractivity contribution < 1.29 is 19.0 Å². The summed E-state index contributed by atoms with van der Waals surface area (Å²) in [5.41, 5.74) is 2.82. The number of esters is 1. The number of nitrogens with zero attached hydrogens (tertiary/aromatic N) is 1. The first-order chi connectivity index (χ1) is 8.13. The molecule has 0 bridgehead atoms. The summed E-state index contributed by atoms with van der Waals surface area (Å²) < 4.78 is 15.7. The van der Waals surface area contributed by atoms with Gasteiger partial charge in [-0.15, -0.1) is 0 Å². The number of fused-ring (bicyclic) bond motifs is 1. The Morgan fingerprint density at radius 2 is 2.18 bits per heavy atom. The van der Waals surface area contributed by atoms with Crippen molar-refractivity contribution in [1.82, 2.24) is 4.98 Å². The molecule has 1 aromatic rings. The molecule has 1 aromatic heterocycles. The number of methoxy groups -OCH3 is 1. The van der Waals surface area contributed by atoms with Crippen LogP contribution in [0.3, 0.4) is 0 Å². The smallest absolute Gasteiger partial charge is 0.340 e. The SMILES string of the molecule is COC(=O)c1c(C)ncc2c1COC(C)OC2. The van der Waals surface area contributed by atoms with E-state index in [4.69, 9.17) is 14.2 Å². The van der Waals surface area contributed by atoms with Crippen LogP contribution in [0.5, 0.6) is 0 Å². The van der Waals surface area contributed by atoms with Crippen LogP contribution in [-0.4, -0.2) is 24.4 Å². The quantitative estimate of drug-likeness (QED) is 0.694. The molecule has 0 aromatic carbocycles. The van der Waals surface area contributed by atoms with Crippen LogP contribution in [0.4, 0.5) is 0 Å². The van der Waals surface area contributed by atoms with Gasteiger partial charge in [0, 0.05) is 17.3 Å². The van der Waals surface area contributed by atoms with Crippen LogP contribution in [-0.2, 0) is 27.4 Å². The van der Waals surface area contributed by atoms with E-state index in [-0.39, 0.29) is 12.3 Å². The van der Waals surface area contributed by atoms with Crippen LogP contribution in [0.25, 0.3) is 0 Å². The second kappa shape index (κ2) is 4.81. The van der Waals surface area contributed by atoms with Gasteiger partial charge in [-0.3, -0.25) is 4.98 Å². The Labute approximate surface area is 99.7 Å². The van der Waals surface area contributed by atoms with E-state index in [1.54, 1.807) is 13.1 Å². The summed E-state index contributed by atoms with van der Waals surface area (Å²) in [7, 11) is 1.36. The van der Waals surface area contributed by atoms with Crippen molar-refractivity contribution in [2.75, 3.05) is 7.11 Å². The third-order valence-electron chi connectivity index (χ3n) is 2.79. The van der Waals surface area contributed by atoms with Gasteiger partial charge >= 0.3 is 5.97 Å². The van der Waals surface area contributed by atoms with E-state index in [1.807, 2.05) is 6.92 Å². The number of pyridine rings is 1. The van der Waals surface area contributed by atoms with Crippen LogP contribution < -0.4 is 0 Å². The molecule has 1 unspecified atom stereocenters. The average Bonchev–Trinajstić information content (AvgIpc) is 2.51. The first-order valence-electron chi connectivity index (χ1n) is 5.42. The van der Waals surface area contributed by atoms with Crippen LogP contribution in [0.1, 0.15) is 34.1 Å². The molecule has 0 fully saturated rings. The highest BCUT2D eigenvalue weighted by Gasteiger charge is 2.22. The lowest BCUT2D eigenvalue weighted by Crippen LogP contribution is -2.12. The predicted molar refractivity (Wildman–Crippen MR) is 59.4 cm³/mol. The van der Waals surface area contributed by atoms with Gasteiger partial charge in [0.2, 0.25) is 0 Å². The van der Waals surface area contributed by atoms with E-state index >= 15 is 0 Å². The van der Waals surface area contributed by atoms with Crippen molar-refractivity contribution in [3.05, 3.63) is 28.6 Å². The highest BCUT2D eigenvalue weighted by atomic mass is 16.7. The molecule has 2 rings (SSSR count). The summed E-state index contributed by atoms with van der Waals surface area (Å²) in [6.07, 6.45) is 1.44. The Hall–Kier alpha value is -1.46. The molecule has 2 heterocycles. The van der Waals surface area contributed by atoms with Crippen LogP contribution in [0, 0.1) is 6.92 Å². The molecule has 92 valence electrons. The molecule has 5 heteroatoms. The van der Waals surface area contributed by atoms with E-state index in [0.29, 0.717) is 24.5 Å². The second-order valence-electron chi connectivity index (χ2n) is 3.90. The zero-order valence-electron chi connectivity index (χ0n) is 10.1. The Morgan fingerprint density at radius 3 is 2.88 bits per heavy atom. The first kappa shape index (κ1) is 12.0. The molecule has 0 radical (unpaired) electrons. The lowest BCUT2D eigenvalue weighted by Gasteiger charge is -2.11. The molecule has 0 saturated carbocycles. The third-order valence-corrected chi connectivity index (χ3v) is 2.79. The normalized spacial score (nSPS) is 19.4. The molecule has 0 saturated heterocycles. The Morgan fingerprint density at radius 1 is 1.47 bits per heavy atom. The summed E-state index contributed by atoms with van der Waals surface area (Å²) >= 11 is 0. The molecule has 0 spiro atoms.